The monoisotopic (exact) mass is 288 g/mol. The molecule has 3 rings (SSSR count). The molecule has 0 unspecified atom stereocenters. The fourth-order valence-corrected chi connectivity index (χ4v) is 2.83. The normalized spacial score (nSPS) is 29.4. The van der Waals surface area contributed by atoms with E-state index in [2.05, 4.69) is 5.32 Å². The summed E-state index contributed by atoms with van der Waals surface area (Å²) >= 11 is 0. The van der Waals surface area contributed by atoms with Crippen LogP contribution in [-0.2, 0) is 14.3 Å². The minimum Gasteiger partial charge on any atom is -0.550 e. The van der Waals surface area contributed by atoms with Crippen molar-refractivity contribution < 1.29 is 24.2 Å². The molecule has 2 heterocycles. The Morgan fingerprint density at radius 1 is 1.24 bits per heavy atom. The van der Waals surface area contributed by atoms with Crippen molar-refractivity contribution in [3.63, 3.8) is 0 Å². The maximum atomic E-state index is 12.4. The fraction of sp³-hybridized carbons (Fsp3) is 0.333. The number of aliphatic carboxylic acids is 1. The lowest BCUT2D eigenvalue weighted by Crippen LogP contribution is -2.45. The van der Waals surface area contributed by atoms with Crippen molar-refractivity contribution in [2.75, 3.05) is 12.4 Å². The molecule has 0 radical (unpaired) electrons. The van der Waals surface area contributed by atoms with Crippen LogP contribution < -0.4 is 15.2 Å². The van der Waals surface area contributed by atoms with Gasteiger partial charge in [0.1, 0.15) is 5.75 Å². The third kappa shape index (κ3) is 2.38. The van der Waals surface area contributed by atoms with Crippen LogP contribution in [0.3, 0.4) is 0 Å². The number of carbonyl (C=O) groups is 2. The summed E-state index contributed by atoms with van der Waals surface area (Å²) < 4.78 is 10.5. The number of carbonyl (C=O) groups excluding carboxylic acids is 2. The number of ether oxygens (including phenoxy) is 2. The van der Waals surface area contributed by atoms with Crippen LogP contribution in [0.5, 0.6) is 5.75 Å². The molecule has 6 nitrogen and oxygen atoms in total. The molecule has 1 aromatic rings. The summed E-state index contributed by atoms with van der Waals surface area (Å²) in [5.74, 6) is -2.79. The smallest absolute Gasteiger partial charge is 0.231 e. The second-order valence-electron chi connectivity index (χ2n) is 5.04. The number of benzene rings is 1. The SMILES string of the molecule is COc1cccc(NC(=O)[C@@H]2[C@@H](C(=O)[O-])[C@H]3C=C[C@@H]2O3)c1. The minimum atomic E-state index is -1.27. The maximum Gasteiger partial charge on any atom is 0.231 e. The number of hydrogen-bond donors (Lipinski definition) is 1. The van der Waals surface area contributed by atoms with E-state index in [1.54, 1.807) is 36.4 Å². The standard InChI is InChI=1S/C15H15NO5/c1-20-9-4-2-3-8(7-9)16-14(17)12-10-5-6-11(21-10)13(12)15(18)19/h2-7,10-13H,1H3,(H,16,17)(H,18,19)/p-1/t10-,11+,12-,13-/m0/s1. The van der Waals surface area contributed by atoms with Crippen LogP contribution >= 0.6 is 0 Å². The predicted molar refractivity (Wildman–Crippen MR) is 71.4 cm³/mol. The second kappa shape index (κ2) is 5.21. The number of fused-ring (bicyclic) bond motifs is 2. The summed E-state index contributed by atoms with van der Waals surface area (Å²) in [7, 11) is 1.53. The Hall–Kier alpha value is -2.34. The van der Waals surface area contributed by atoms with Gasteiger partial charge in [-0.1, -0.05) is 18.2 Å². The average molecular weight is 288 g/mol. The zero-order chi connectivity index (χ0) is 15.0. The molecule has 6 heteroatoms. The highest BCUT2D eigenvalue weighted by molar-refractivity contribution is 5.96. The van der Waals surface area contributed by atoms with Gasteiger partial charge in [0.15, 0.2) is 0 Å². The van der Waals surface area contributed by atoms with E-state index in [0.29, 0.717) is 11.4 Å². The van der Waals surface area contributed by atoms with Crippen LogP contribution in [0.15, 0.2) is 36.4 Å². The minimum absolute atomic E-state index is 0.394. The molecular formula is C15H14NO5-. The molecule has 1 saturated heterocycles. The largest absolute Gasteiger partial charge is 0.550 e. The maximum absolute atomic E-state index is 12.4. The van der Waals surface area contributed by atoms with Gasteiger partial charge in [-0.05, 0) is 12.1 Å². The summed E-state index contributed by atoms with van der Waals surface area (Å²) in [6.45, 7) is 0. The number of carboxylic acids is 1. The lowest BCUT2D eigenvalue weighted by Gasteiger charge is -2.25. The van der Waals surface area contributed by atoms with E-state index in [1.165, 1.54) is 7.11 Å². The zero-order valence-corrected chi connectivity index (χ0v) is 11.3. The quantitative estimate of drug-likeness (QED) is 0.785. The van der Waals surface area contributed by atoms with Crippen molar-refractivity contribution in [3.05, 3.63) is 36.4 Å². The molecule has 0 spiro atoms. The van der Waals surface area contributed by atoms with Crippen LogP contribution in [0.25, 0.3) is 0 Å². The summed E-state index contributed by atoms with van der Waals surface area (Å²) in [5, 5.41) is 13.9. The molecule has 21 heavy (non-hydrogen) atoms. The van der Waals surface area contributed by atoms with Crippen molar-refractivity contribution in [1.29, 1.82) is 0 Å². The topological polar surface area (TPSA) is 87.7 Å². The first kappa shape index (κ1) is 13.6. The van der Waals surface area contributed by atoms with Gasteiger partial charge >= 0.3 is 0 Å². The van der Waals surface area contributed by atoms with E-state index in [9.17, 15) is 14.7 Å². The fourth-order valence-electron chi connectivity index (χ4n) is 2.83. The Balaban J connectivity index is 1.78. The van der Waals surface area contributed by atoms with E-state index in [1.807, 2.05) is 0 Å². The molecule has 0 aromatic heterocycles. The van der Waals surface area contributed by atoms with Crippen LogP contribution in [0, 0.1) is 11.8 Å². The number of amides is 1. The second-order valence-corrected chi connectivity index (χ2v) is 5.04. The summed E-state index contributed by atoms with van der Waals surface area (Å²) in [5.41, 5.74) is 0.545. The molecule has 2 aliphatic rings. The van der Waals surface area contributed by atoms with E-state index in [4.69, 9.17) is 9.47 Å². The number of anilines is 1. The Bertz CT molecular complexity index is 612. The van der Waals surface area contributed by atoms with Crippen molar-refractivity contribution in [3.8, 4) is 5.75 Å². The Labute approximate surface area is 121 Å². The molecule has 110 valence electrons. The molecule has 1 N–H and O–H groups in total. The average Bonchev–Trinajstić information content (AvgIpc) is 3.07. The molecule has 1 fully saturated rings. The number of methoxy groups -OCH3 is 1. The van der Waals surface area contributed by atoms with Crippen molar-refractivity contribution in [2.45, 2.75) is 12.2 Å². The third-order valence-corrected chi connectivity index (χ3v) is 3.81. The molecule has 0 saturated carbocycles. The van der Waals surface area contributed by atoms with Gasteiger partial charge in [-0.15, -0.1) is 0 Å². The van der Waals surface area contributed by atoms with Gasteiger partial charge in [0.2, 0.25) is 5.91 Å². The molecule has 0 aliphatic carbocycles. The van der Waals surface area contributed by atoms with Crippen LogP contribution in [-0.4, -0.2) is 31.2 Å². The van der Waals surface area contributed by atoms with Crippen LogP contribution in [0.1, 0.15) is 0 Å². The van der Waals surface area contributed by atoms with E-state index < -0.39 is 35.9 Å². The van der Waals surface area contributed by atoms with Gasteiger partial charge in [-0.2, -0.15) is 0 Å². The number of rotatable bonds is 4. The molecule has 4 atom stereocenters. The lowest BCUT2D eigenvalue weighted by molar-refractivity contribution is -0.313. The highest BCUT2D eigenvalue weighted by Gasteiger charge is 2.50. The number of nitrogens with one attached hydrogen (secondary N) is 1. The van der Waals surface area contributed by atoms with Crippen LogP contribution in [0.2, 0.25) is 0 Å². The van der Waals surface area contributed by atoms with Gasteiger partial charge < -0.3 is 24.7 Å². The first-order chi connectivity index (χ1) is 10.1. The Kier molecular flexibility index (Phi) is 3.39. The lowest BCUT2D eigenvalue weighted by atomic mass is 9.82. The van der Waals surface area contributed by atoms with Crippen LogP contribution in [0.4, 0.5) is 5.69 Å². The molecular weight excluding hydrogens is 274 g/mol. The van der Waals surface area contributed by atoms with Crippen molar-refractivity contribution in [1.82, 2.24) is 0 Å². The van der Waals surface area contributed by atoms with Gasteiger partial charge in [-0.25, -0.2) is 0 Å². The Morgan fingerprint density at radius 3 is 2.62 bits per heavy atom. The highest BCUT2D eigenvalue weighted by Crippen LogP contribution is 2.39. The van der Waals surface area contributed by atoms with Gasteiger partial charge in [-0.3, -0.25) is 4.79 Å². The molecule has 2 bridgehead atoms. The molecule has 1 aromatic carbocycles. The number of hydrogen-bond acceptors (Lipinski definition) is 5. The van der Waals surface area contributed by atoms with E-state index >= 15 is 0 Å². The summed E-state index contributed by atoms with van der Waals surface area (Å²) in [6, 6.07) is 6.86. The van der Waals surface area contributed by atoms with Gasteiger partial charge in [0.05, 0.1) is 25.2 Å². The van der Waals surface area contributed by atoms with Crippen molar-refractivity contribution in [2.24, 2.45) is 11.8 Å². The summed E-state index contributed by atoms with van der Waals surface area (Å²) in [6.07, 6.45) is 2.30. The van der Waals surface area contributed by atoms with E-state index in [-0.39, 0.29) is 0 Å². The predicted octanol–water partition coefficient (Wildman–Crippen LogP) is -0.0468. The summed E-state index contributed by atoms with van der Waals surface area (Å²) in [4.78, 5) is 23.6. The van der Waals surface area contributed by atoms with Gasteiger partial charge in [0, 0.05) is 23.6 Å². The first-order valence-corrected chi connectivity index (χ1v) is 6.59. The molecule has 2 aliphatic heterocycles. The Morgan fingerprint density at radius 2 is 1.95 bits per heavy atom. The molecule has 1 amide bonds. The van der Waals surface area contributed by atoms with Crippen molar-refractivity contribution >= 4 is 17.6 Å². The van der Waals surface area contributed by atoms with E-state index in [0.717, 1.165) is 0 Å². The number of carboxylic acid groups (broad SMARTS) is 1. The highest BCUT2D eigenvalue weighted by atomic mass is 16.5. The zero-order valence-electron chi connectivity index (χ0n) is 11.3. The third-order valence-electron chi connectivity index (χ3n) is 3.81. The van der Waals surface area contributed by atoms with Gasteiger partial charge in [0.25, 0.3) is 0 Å². The first-order valence-electron chi connectivity index (χ1n) is 6.59.